The third kappa shape index (κ3) is 2.23. The zero-order valence-corrected chi connectivity index (χ0v) is 9.41. The van der Waals surface area contributed by atoms with Crippen molar-refractivity contribution in [2.45, 2.75) is 38.3 Å². The molecule has 2 unspecified atom stereocenters. The summed E-state index contributed by atoms with van der Waals surface area (Å²) in [5, 5.41) is 3.33. The van der Waals surface area contributed by atoms with Crippen molar-refractivity contribution in [3.05, 3.63) is 12.7 Å². The van der Waals surface area contributed by atoms with E-state index < -0.39 is 0 Å². The first-order valence-corrected chi connectivity index (χ1v) is 5.88. The van der Waals surface area contributed by atoms with Crippen molar-refractivity contribution in [1.29, 1.82) is 0 Å². The van der Waals surface area contributed by atoms with Crippen LogP contribution in [0.2, 0.25) is 0 Å². The van der Waals surface area contributed by atoms with E-state index in [1.165, 1.54) is 12.8 Å². The van der Waals surface area contributed by atoms with Gasteiger partial charge in [0.2, 0.25) is 5.91 Å². The van der Waals surface area contributed by atoms with E-state index >= 15 is 0 Å². The molecular formula is C12H20N2O. The van der Waals surface area contributed by atoms with Gasteiger partial charge in [-0.3, -0.25) is 4.79 Å². The van der Waals surface area contributed by atoms with Crippen LogP contribution in [-0.4, -0.2) is 36.0 Å². The molecule has 0 radical (unpaired) electrons. The lowest BCUT2D eigenvalue weighted by molar-refractivity contribution is -0.135. The molecule has 1 N–H and O–H groups in total. The highest BCUT2D eigenvalue weighted by atomic mass is 16.2. The lowest BCUT2D eigenvalue weighted by atomic mass is 10.0. The molecule has 1 aliphatic heterocycles. The Hall–Kier alpha value is -0.830. The van der Waals surface area contributed by atoms with Crippen LogP contribution < -0.4 is 5.32 Å². The molecule has 0 aromatic heterocycles. The zero-order valence-electron chi connectivity index (χ0n) is 9.41. The third-order valence-electron chi connectivity index (χ3n) is 3.44. The van der Waals surface area contributed by atoms with E-state index in [1.807, 2.05) is 11.0 Å². The number of hydrogen-bond donors (Lipinski definition) is 1. The first-order valence-electron chi connectivity index (χ1n) is 5.88. The van der Waals surface area contributed by atoms with Crippen LogP contribution in [0.1, 0.15) is 26.2 Å². The molecule has 1 amide bonds. The minimum Gasteiger partial charge on any atom is -0.336 e. The maximum atomic E-state index is 12.3. The highest BCUT2D eigenvalue weighted by Gasteiger charge is 2.38. The van der Waals surface area contributed by atoms with Crippen LogP contribution in [0.15, 0.2) is 12.7 Å². The van der Waals surface area contributed by atoms with Gasteiger partial charge in [-0.2, -0.15) is 0 Å². The van der Waals surface area contributed by atoms with E-state index in [-0.39, 0.29) is 5.92 Å². The first-order chi connectivity index (χ1) is 7.24. The number of rotatable bonds is 4. The Morgan fingerprint density at radius 2 is 2.27 bits per heavy atom. The summed E-state index contributed by atoms with van der Waals surface area (Å²) < 4.78 is 0. The molecule has 84 valence electrons. The summed E-state index contributed by atoms with van der Waals surface area (Å²) in [5.41, 5.74) is 0. The van der Waals surface area contributed by atoms with E-state index in [4.69, 9.17) is 0 Å². The van der Waals surface area contributed by atoms with Gasteiger partial charge in [0.15, 0.2) is 0 Å². The summed E-state index contributed by atoms with van der Waals surface area (Å²) in [4.78, 5) is 14.3. The molecule has 3 heteroatoms. The standard InChI is InChI=1S/C12H20N2O/c1-3-8-14(10-4-5-10)12(15)11-6-7-13-9(11)2/h3,9-11,13H,1,4-8H2,2H3. The fraction of sp³-hybridized carbons (Fsp3) is 0.750. The lowest BCUT2D eigenvalue weighted by Crippen LogP contribution is -2.41. The van der Waals surface area contributed by atoms with Crippen molar-refractivity contribution in [3.63, 3.8) is 0 Å². The average molecular weight is 208 g/mol. The van der Waals surface area contributed by atoms with Crippen molar-refractivity contribution in [3.8, 4) is 0 Å². The Bertz CT molecular complexity index is 260. The molecule has 2 rings (SSSR count). The second-order valence-electron chi connectivity index (χ2n) is 4.65. The van der Waals surface area contributed by atoms with Gasteiger partial charge in [0.1, 0.15) is 0 Å². The maximum Gasteiger partial charge on any atom is 0.227 e. The van der Waals surface area contributed by atoms with E-state index in [0.717, 1.165) is 13.0 Å². The van der Waals surface area contributed by atoms with E-state index in [2.05, 4.69) is 18.8 Å². The van der Waals surface area contributed by atoms with Crippen molar-refractivity contribution in [1.82, 2.24) is 10.2 Å². The van der Waals surface area contributed by atoms with Crippen molar-refractivity contribution in [2.75, 3.05) is 13.1 Å². The SMILES string of the molecule is C=CCN(C(=O)C1CCNC1C)C1CC1. The number of amides is 1. The summed E-state index contributed by atoms with van der Waals surface area (Å²) in [6.07, 6.45) is 5.17. The average Bonchev–Trinajstić information content (AvgIpc) is 2.97. The maximum absolute atomic E-state index is 12.3. The van der Waals surface area contributed by atoms with Crippen LogP contribution >= 0.6 is 0 Å². The molecule has 1 saturated carbocycles. The van der Waals surface area contributed by atoms with Gasteiger partial charge in [-0.1, -0.05) is 6.08 Å². The van der Waals surface area contributed by atoms with Crippen molar-refractivity contribution in [2.24, 2.45) is 5.92 Å². The molecule has 1 heterocycles. The summed E-state index contributed by atoms with van der Waals surface area (Å²) in [7, 11) is 0. The largest absolute Gasteiger partial charge is 0.336 e. The van der Waals surface area contributed by atoms with Gasteiger partial charge in [0.25, 0.3) is 0 Å². The molecule has 2 fully saturated rings. The smallest absolute Gasteiger partial charge is 0.227 e. The minimum absolute atomic E-state index is 0.186. The number of carbonyl (C=O) groups excluding carboxylic acids is 1. The molecule has 2 atom stereocenters. The Labute approximate surface area is 91.5 Å². The summed E-state index contributed by atoms with van der Waals surface area (Å²) in [6, 6.07) is 0.840. The molecule has 2 aliphatic rings. The van der Waals surface area contributed by atoms with E-state index in [0.29, 0.717) is 24.5 Å². The highest BCUT2D eigenvalue weighted by Crippen LogP contribution is 2.30. The normalized spacial score (nSPS) is 30.2. The quantitative estimate of drug-likeness (QED) is 0.703. The van der Waals surface area contributed by atoms with Gasteiger partial charge in [-0.15, -0.1) is 6.58 Å². The number of carbonyl (C=O) groups is 1. The van der Waals surface area contributed by atoms with E-state index in [9.17, 15) is 4.79 Å². The Balaban J connectivity index is 1.99. The fourth-order valence-corrected chi connectivity index (χ4v) is 2.35. The Kier molecular flexibility index (Phi) is 3.10. The monoisotopic (exact) mass is 208 g/mol. The summed E-state index contributed by atoms with van der Waals surface area (Å²) in [6.45, 7) is 7.53. The lowest BCUT2D eigenvalue weighted by Gasteiger charge is -2.25. The van der Waals surface area contributed by atoms with Crippen LogP contribution in [0.5, 0.6) is 0 Å². The summed E-state index contributed by atoms with van der Waals surface area (Å²) in [5.74, 6) is 0.514. The van der Waals surface area contributed by atoms with Gasteiger partial charge >= 0.3 is 0 Å². The van der Waals surface area contributed by atoms with Crippen molar-refractivity contribution < 1.29 is 4.79 Å². The fourth-order valence-electron chi connectivity index (χ4n) is 2.35. The zero-order chi connectivity index (χ0) is 10.8. The molecule has 15 heavy (non-hydrogen) atoms. The molecular weight excluding hydrogens is 188 g/mol. The number of nitrogens with zero attached hydrogens (tertiary/aromatic N) is 1. The van der Waals surface area contributed by atoms with Gasteiger partial charge in [-0.25, -0.2) is 0 Å². The van der Waals surface area contributed by atoms with Crippen LogP contribution in [0.3, 0.4) is 0 Å². The molecule has 0 bridgehead atoms. The van der Waals surface area contributed by atoms with Gasteiger partial charge in [-0.05, 0) is 32.7 Å². The van der Waals surface area contributed by atoms with Crippen LogP contribution in [0.25, 0.3) is 0 Å². The minimum atomic E-state index is 0.186. The molecule has 0 aromatic carbocycles. The number of hydrogen-bond acceptors (Lipinski definition) is 2. The van der Waals surface area contributed by atoms with Crippen LogP contribution in [0, 0.1) is 5.92 Å². The second-order valence-corrected chi connectivity index (χ2v) is 4.65. The molecule has 1 aliphatic carbocycles. The Morgan fingerprint density at radius 3 is 2.73 bits per heavy atom. The number of nitrogens with one attached hydrogen (secondary N) is 1. The Morgan fingerprint density at radius 1 is 1.53 bits per heavy atom. The summed E-state index contributed by atoms with van der Waals surface area (Å²) >= 11 is 0. The molecule has 1 saturated heterocycles. The van der Waals surface area contributed by atoms with Gasteiger partial charge < -0.3 is 10.2 Å². The van der Waals surface area contributed by atoms with E-state index in [1.54, 1.807) is 0 Å². The van der Waals surface area contributed by atoms with Crippen LogP contribution in [0.4, 0.5) is 0 Å². The first kappa shape index (κ1) is 10.7. The van der Waals surface area contributed by atoms with Crippen molar-refractivity contribution >= 4 is 5.91 Å². The van der Waals surface area contributed by atoms with Crippen LogP contribution in [-0.2, 0) is 4.79 Å². The van der Waals surface area contributed by atoms with Gasteiger partial charge in [0, 0.05) is 18.6 Å². The molecule has 3 nitrogen and oxygen atoms in total. The topological polar surface area (TPSA) is 32.3 Å². The second kappa shape index (κ2) is 4.35. The molecule has 0 aromatic rings. The predicted octanol–water partition coefficient (Wildman–Crippen LogP) is 1.16. The molecule has 0 spiro atoms. The predicted molar refractivity (Wildman–Crippen MR) is 60.5 cm³/mol. The third-order valence-corrected chi connectivity index (χ3v) is 3.44. The highest BCUT2D eigenvalue weighted by molar-refractivity contribution is 5.80. The van der Waals surface area contributed by atoms with Gasteiger partial charge in [0.05, 0.1) is 5.92 Å².